The molecule has 0 saturated heterocycles. The number of H-pyrrole nitrogens is 1. The molecule has 1 saturated carbocycles. The first-order valence-corrected chi connectivity index (χ1v) is 15.1. The number of aromatic nitrogens is 2. The summed E-state index contributed by atoms with van der Waals surface area (Å²) in [5.41, 5.74) is 3.14. The zero-order valence-corrected chi connectivity index (χ0v) is 21.1. The third-order valence-corrected chi connectivity index (χ3v) is 11.3. The van der Waals surface area contributed by atoms with Crippen molar-refractivity contribution in [1.82, 2.24) is 15.1 Å². The van der Waals surface area contributed by atoms with Gasteiger partial charge in [-0.25, -0.2) is 4.79 Å². The SMILES string of the molecule is CCc1ccccc1NC(=O)N1Cc2c(NC(=O)C3([Si](C)(C)C)CCC3)n[nH]c2C1(C)C. The maximum Gasteiger partial charge on any atom is 0.322 e. The predicted molar refractivity (Wildman–Crippen MR) is 131 cm³/mol. The van der Waals surface area contributed by atoms with E-state index in [0.717, 1.165) is 48.2 Å². The second-order valence-corrected chi connectivity index (χ2v) is 16.1. The molecule has 0 atom stereocenters. The smallest absolute Gasteiger partial charge is 0.309 e. The molecule has 8 heteroatoms. The molecule has 3 N–H and O–H groups in total. The Kier molecular flexibility index (Phi) is 5.47. The Hall–Kier alpha value is -2.61. The quantitative estimate of drug-likeness (QED) is 0.525. The van der Waals surface area contributed by atoms with Crippen LogP contribution < -0.4 is 10.6 Å². The molecule has 2 aliphatic rings. The molecule has 7 nitrogen and oxygen atoms in total. The lowest BCUT2D eigenvalue weighted by molar-refractivity contribution is -0.121. The first-order chi connectivity index (χ1) is 15.0. The van der Waals surface area contributed by atoms with Crippen molar-refractivity contribution >= 4 is 31.5 Å². The van der Waals surface area contributed by atoms with Crippen LogP contribution in [0.1, 0.15) is 56.9 Å². The summed E-state index contributed by atoms with van der Waals surface area (Å²) in [7, 11) is -1.68. The lowest BCUT2D eigenvalue weighted by Gasteiger charge is -2.48. The summed E-state index contributed by atoms with van der Waals surface area (Å²) in [5.74, 6) is 0.654. The lowest BCUT2D eigenvalue weighted by Crippen LogP contribution is -2.52. The van der Waals surface area contributed by atoms with Gasteiger partial charge >= 0.3 is 6.03 Å². The number of rotatable bonds is 5. The van der Waals surface area contributed by atoms with Gasteiger partial charge in [-0.3, -0.25) is 9.89 Å². The van der Waals surface area contributed by atoms with E-state index in [4.69, 9.17) is 0 Å². The molecule has 1 aliphatic heterocycles. The number of hydrogen-bond acceptors (Lipinski definition) is 3. The van der Waals surface area contributed by atoms with Crippen molar-refractivity contribution < 1.29 is 9.59 Å². The van der Waals surface area contributed by atoms with Crippen molar-refractivity contribution in [2.45, 2.75) is 83.2 Å². The van der Waals surface area contributed by atoms with Gasteiger partial charge in [-0.15, -0.1) is 0 Å². The van der Waals surface area contributed by atoms with E-state index in [0.29, 0.717) is 12.4 Å². The monoisotopic (exact) mass is 453 g/mol. The van der Waals surface area contributed by atoms with Crippen LogP contribution in [0, 0.1) is 0 Å². The number of aromatic amines is 1. The molecule has 0 bridgehead atoms. The van der Waals surface area contributed by atoms with Gasteiger partial charge in [0.15, 0.2) is 5.82 Å². The molecular weight excluding hydrogens is 418 g/mol. The summed E-state index contributed by atoms with van der Waals surface area (Å²) in [6.45, 7) is 13.3. The van der Waals surface area contributed by atoms with Crippen molar-refractivity contribution in [3.63, 3.8) is 0 Å². The van der Waals surface area contributed by atoms with Crippen LogP contribution in [0.4, 0.5) is 16.3 Å². The van der Waals surface area contributed by atoms with E-state index in [2.05, 4.69) is 47.4 Å². The number of urea groups is 1. The van der Waals surface area contributed by atoms with Crippen molar-refractivity contribution in [2.24, 2.45) is 0 Å². The van der Waals surface area contributed by atoms with Crippen LogP contribution >= 0.6 is 0 Å². The summed E-state index contributed by atoms with van der Waals surface area (Å²) < 4.78 is 0. The third-order valence-electron chi connectivity index (χ3n) is 7.66. The Labute approximate surface area is 191 Å². The van der Waals surface area contributed by atoms with Crippen LogP contribution in [-0.4, -0.2) is 35.1 Å². The lowest BCUT2D eigenvalue weighted by atomic mass is 9.83. The first-order valence-electron chi connectivity index (χ1n) is 11.6. The number of carbonyl (C=O) groups excluding carboxylic acids is 2. The Morgan fingerprint density at radius 3 is 2.44 bits per heavy atom. The second-order valence-electron chi connectivity index (χ2n) is 10.7. The number of hydrogen-bond donors (Lipinski definition) is 3. The van der Waals surface area contributed by atoms with Gasteiger partial charge in [-0.2, -0.15) is 5.10 Å². The Morgan fingerprint density at radius 2 is 1.84 bits per heavy atom. The molecule has 2 heterocycles. The largest absolute Gasteiger partial charge is 0.322 e. The van der Waals surface area contributed by atoms with E-state index in [1.807, 2.05) is 38.1 Å². The molecule has 4 rings (SSSR count). The van der Waals surface area contributed by atoms with Crippen LogP contribution in [0.3, 0.4) is 0 Å². The Bertz CT molecular complexity index is 1050. The van der Waals surface area contributed by atoms with Gasteiger partial charge in [0.05, 0.1) is 25.9 Å². The van der Waals surface area contributed by atoms with E-state index in [-0.39, 0.29) is 17.0 Å². The number of amides is 3. The number of nitrogens with one attached hydrogen (secondary N) is 3. The summed E-state index contributed by atoms with van der Waals surface area (Å²) in [6.07, 6.45) is 3.87. The average molecular weight is 454 g/mol. The summed E-state index contributed by atoms with van der Waals surface area (Å²) in [6, 6.07) is 7.71. The minimum Gasteiger partial charge on any atom is -0.309 e. The van der Waals surface area contributed by atoms with Crippen LogP contribution in [0.25, 0.3) is 0 Å². The number of anilines is 2. The van der Waals surface area contributed by atoms with Crippen molar-refractivity contribution in [3.05, 3.63) is 41.1 Å². The molecule has 0 spiro atoms. The van der Waals surface area contributed by atoms with Crippen LogP contribution in [0.5, 0.6) is 0 Å². The highest BCUT2D eigenvalue weighted by atomic mass is 28.3. The number of aryl methyl sites for hydroxylation is 1. The molecule has 32 heavy (non-hydrogen) atoms. The molecule has 172 valence electrons. The fourth-order valence-electron chi connectivity index (χ4n) is 5.15. The zero-order valence-electron chi connectivity index (χ0n) is 20.1. The fraction of sp³-hybridized carbons (Fsp3) is 0.542. The van der Waals surface area contributed by atoms with Gasteiger partial charge in [0.25, 0.3) is 0 Å². The highest BCUT2D eigenvalue weighted by molar-refractivity contribution is 6.83. The van der Waals surface area contributed by atoms with E-state index in [1.54, 1.807) is 4.90 Å². The molecule has 0 unspecified atom stereocenters. The number of para-hydroxylation sites is 1. The van der Waals surface area contributed by atoms with Gasteiger partial charge in [0, 0.05) is 16.3 Å². The highest BCUT2D eigenvalue weighted by Crippen LogP contribution is 2.56. The maximum atomic E-state index is 13.3. The van der Waals surface area contributed by atoms with Gasteiger partial charge in [-0.1, -0.05) is 51.2 Å². The summed E-state index contributed by atoms with van der Waals surface area (Å²) in [5, 5.41) is 13.5. The van der Waals surface area contributed by atoms with Crippen LogP contribution in [-0.2, 0) is 23.3 Å². The summed E-state index contributed by atoms with van der Waals surface area (Å²) in [4.78, 5) is 28.4. The highest BCUT2D eigenvalue weighted by Gasteiger charge is 2.54. The van der Waals surface area contributed by atoms with Gasteiger partial charge in [0.1, 0.15) is 0 Å². The second kappa shape index (κ2) is 7.76. The summed E-state index contributed by atoms with van der Waals surface area (Å²) >= 11 is 0. The van der Waals surface area contributed by atoms with E-state index in [1.165, 1.54) is 0 Å². The molecular formula is C24H35N5O2Si. The van der Waals surface area contributed by atoms with Gasteiger partial charge < -0.3 is 15.5 Å². The van der Waals surface area contributed by atoms with Crippen LogP contribution in [0.2, 0.25) is 24.7 Å². The van der Waals surface area contributed by atoms with E-state index >= 15 is 0 Å². The molecule has 1 aromatic carbocycles. The predicted octanol–water partition coefficient (Wildman–Crippen LogP) is 5.46. The fourth-order valence-corrected chi connectivity index (χ4v) is 7.75. The van der Waals surface area contributed by atoms with Crippen molar-refractivity contribution in [2.75, 3.05) is 10.6 Å². The minimum absolute atomic E-state index is 0.0924. The Morgan fingerprint density at radius 1 is 1.16 bits per heavy atom. The molecule has 1 aliphatic carbocycles. The first kappa shape index (κ1) is 22.6. The molecule has 1 fully saturated rings. The number of benzene rings is 1. The molecule has 2 aromatic rings. The average Bonchev–Trinajstić information content (AvgIpc) is 3.18. The normalized spacial score (nSPS) is 18.6. The third kappa shape index (κ3) is 3.45. The molecule has 1 aromatic heterocycles. The standard InChI is InChI=1S/C24H35N5O2Si/c1-7-16-11-8-9-12-18(16)25-22(31)29-15-17-19(23(29,2)3)27-28-20(17)26-21(30)24(13-10-14-24)32(4,5)6/h8-9,11-12H,7,10,13-15H2,1-6H3,(H,25,31)(H2,26,27,28,30). The topological polar surface area (TPSA) is 90.1 Å². The number of nitrogens with zero attached hydrogens (tertiary/aromatic N) is 2. The van der Waals surface area contributed by atoms with Crippen molar-refractivity contribution in [1.29, 1.82) is 0 Å². The number of fused-ring (bicyclic) bond motifs is 1. The van der Waals surface area contributed by atoms with E-state index in [9.17, 15) is 9.59 Å². The van der Waals surface area contributed by atoms with Crippen molar-refractivity contribution in [3.8, 4) is 0 Å². The van der Waals surface area contributed by atoms with Crippen LogP contribution in [0.15, 0.2) is 24.3 Å². The molecule has 0 radical (unpaired) electrons. The maximum absolute atomic E-state index is 13.3. The van der Waals surface area contributed by atoms with E-state index < -0.39 is 13.6 Å². The van der Waals surface area contributed by atoms with Gasteiger partial charge in [-0.05, 0) is 44.7 Å². The minimum atomic E-state index is -1.68. The Balaban J connectivity index is 1.55. The van der Waals surface area contributed by atoms with Gasteiger partial charge in [0.2, 0.25) is 5.91 Å². The zero-order chi connectivity index (χ0) is 23.3. The number of carbonyl (C=O) groups is 2. The molecule has 3 amide bonds.